The van der Waals surface area contributed by atoms with Crippen molar-refractivity contribution in [1.82, 2.24) is 10.2 Å². The first-order valence-electron chi connectivity index (χ1n) is 5.96. The summed E-state index contributed by atoms with van der Waals surface area (Å²) in [5, 5.41) is 2.68. The van der Waals surface area contributed by atoms with Gasteiger partial charge in [0.25, 0.3) is 0 Å². The van der Waals surface area contributed by atoms with Crippen molar-refractivity contribution in [2.24, 2.45) is 5.73 Å². The fourth-order valence-corrected chi connectivity index (χ4v) is 1.73. The molecule has 5 heteroatoms. The zero-order chi connectivity index (χ0) is 12.0. The minimum absolute atomic E-state index is 0.128. The molecule has 92 valence electrons. The van der Waals surface area contributed by atoms with Gasteiger partial charge in [-0.05, 0) is 19.3 Å². The predicted octanol–water partition coefficient (Wildman–Crippen LogP) is -0.148. The highest BCUT2D eigenvalue weighted by molar-refractivity contribution is 5.82. The van der Waals surface area contributed by atoms with Crippen molar-refractivity contribution in [3.05, 3.63) is 0 Å². The minimum atomic E-state index is -0.457. The summed E-state index contributed by atoms with van der Waals surface area (Å²) in [5.74, 6) is -0.0420. The summed E-state index contributed by atoms with van der Waals surface area (Å²) >= 11 is 0. The third-order valence-corrected chi connectivity index (χ3v) is 2.87. The maximum atomic E-state index is 11.6. The fraction of sp³-hybridized carbons (Fsp3) is 0.818. The summed E-state index contributed by atoms with van der Waals surface area (Å²) < 4.78 is 0. The van der Waals surface area contributed by atoms with E-state index in [1.807, 2.05) is 11.8 Å². The van der Waals surface area contributed by atoms with E-state index in [-0.39, 0.29) is 11.8 Å². The molecule has 0 radical (unpaired) electrons. The SMILES string of the molecule is CC[C@H](N)C(=O)NCCC(=O)N1CCCC1. The first-order valence-corrected chi connectivity index (χ1v) is 5.96. The lowest BCUT2D eigenvalue weighted by molar-refractivity contribution is -0.130. The predicted molar refractivity (Wildman–Crippen MR) is 61.7 cm³/mol. The van der Waals surface area contributed by atoms with Gasteiger partial charge in [-0.2, -0.15) is 0 Å². The Morgan fingerprint density at radius 3 is 2.56 bits per heavy atom. The van der Waals surface area contributed by atoms with Crippen LogP contribution in [0.25, 0.3) is 0 Å². The van der Waals surface area contributed by atoms with E-state index in [2.05, 4.69) is 5.32 Å². The molecule has 1 aliphatic rings. The molecule has 1 rings (SSSR count). The third-order valence-electron chi connectivity index (χ3n) is 2.87. The molecule has 0 aliphatic carbocycles. The van der Waals surface area contributed by atoms with E-state index < -0.39 is 6.04 Å². The van der Waals surface area contributed by atoms with Crippen molar-refractivity contribution in [2.45, 2.75) is 38.6 Å². The standard InChI is InChI=1S/C11H21N3O2/c1-2-9(12)11(16)13-6-5-10(15)14-7-3-4-8-14/h9H,2-8,12H2,1H3,(H,13,16)/t9-/m0/s1. The van der Waals surface area contributed by atoms with Gasteiger partial charge in [0.2, 0.25) is 11.8 Å². The highest BCUT2D eigenvalue weighted by Crippen LogP contribution is 2.08. The van der Waals surface area contributed by atoms with Crippen LogP contribution in [0.2, 0.25) is 0 Å². The third kappa shape index (κ3) is 3.81. The quantitative estimate of drug-likeness (QED) is 0.686. The van der Waals surface area contributed by atoms with Crippen molar-refractivity contribution in [3.8, 4) is 0 Å². The van der Waals surface area contributed by atoms with E-state index in [4.69, 9.17) is 5.73 Å². The molecular weight excluding hydrogens is 206 g/mol. The van der Waals surface area contributed by atoms with Crippen LogP contribution in [0.3, 0.4) is 0 Å². The summed E-state index contributed by atoms with van der Waals surface area (Å²) in [7, 11) is 0. The molecule has 5 nitrogen and oxygen atoms in total. The van der Waals surface area contributed by atoms with Gasteiger partial charge in [0.05, 0.1) is 6.04 Å². The lowest BCUT2D eigenvalue weighted by atomic mass is 10.2. The molecule has 1 aliphatic heterocycles. The zero-order valence-corrected chi connectivity index (χ0v) is 9.87. The Morgan fingerprint density at radius 1 is 1.38 bits per heavy atom. The van der Waals surface area contributed by atoms with Crippen LogP contribution in [-0.4, -0.2) is 42.4 Å². The van der Waals surface area contributed by atoms with Crippen LogP contribution in [0, 0.1) is 0 Å². The molecule has 0 spiro atoms. The van der Waals surface area contributed by atoms with Crippen molar-refractivity contribution in [2.75, 3.05) is 19.6 Å². The molecule has 16 heavy (non-hydrogen) atoms. The topological polar surface area (TPSA) is 75.4 Å². The normalized spacial score (nSPS) is 17.2. The number of nitrogens with two attached hydrogens (primary N) is 1. The monoisotopic (exact) mass is 227 g/mol. The molecule has 1 fully saturated rings. The van der Waals surface area contributed by atoms with Crippen LogP contribution in [0.1, 0.15) is 32.6 Å². The number of rotatable bonds is 5. The first-order chi connectivity index (χ1) is 7.65. The van der Waals surface area contributed by atoms with Gasteiger partial charge in [0, 0.05) is 26.1 Å². The maximum Gasteiger partial charge on any atom is 0.236 e. The Labute approximate surface area is 96.4 Å². The van der Waals surface area contributed by atoms with Crippen molar-refractivity contribution in [3.63, 3.8) is 0 Å². The summed E-state index contributed by atoms with van der Waals surface area (Å²) in [5.41, 5.74) is 5.55. The molecule has 2 amide bonds. The Morgan fingerprint density at radius 2 is 2.00 bits per heavy atom. The Kier molecular flexibility index (Phi) is 5.25. The Bertz CT molecular complexity index is 250. The number of hydrogen-bond acceptors (Lipinski definition) is 3. The number of nitrogens with one attached hydrogen (secondary N) is 1. The number of likely N-dealkylation sites (tertiary alicyclic amines) is 1. The number of nitrogens with zero attached hydrogens (tertiary/aromatic N) is 1. The van der Waals surface area contributed by atoms with E-state index in [1.54, 1.807) is 0 Å². The molecule has 0 aromatic rings. The number of carbonyl (C=O) groups excluding carboxylic acids is 2. The largest absolute Gasteiger partial charge is 0.354 e. The summed E-state index contributed by atoms with van der Waals surface area (Å²) in [6, 6.07) is -0.457. The van der Waals surface area contributed by atoms with Gasteiger partial charge < -0.3 is 16.0 Å². The number of carbonyl (C=O) groups is 2. The smallest absolute Gasteiger partial charge is 0.236 e. The van der Waals surface area contributed by atoms with E-state index >= 15 is 0 Å². The highest BCUT2D eigenvalue weighted by Gasteiger charge is 2.17. The van der Waals surface area contributed by atoms with Gasteiger partial charge in [-0.1, -0.05) is 6.92 Å². The van der Waals surface area contributed by atoms with Gasteiger partial charge in [-0.15, -0.1) is 0 Å². The highest BCUT2D eigenvalue weighted by atomic mass is 16.2. The van der Waals surface area contributed by atoms with E-state index in [0.29, 0.717) is 19.4 Å². The molecular formula is C11H21N3O2. The average molecular weight is 227 g/mol. The van der Waals surface area contributed by atoms with Gasteiger partial charge in [-0.3, -0.25) is 9.59 Å². The lowest BCUT2D eigenvalue weighted by Crippen LogP contribution is -2.41. The first kappa shape index (κ1) is 13.0. The van der Waals surface area contributed by atoms with E-state index in [0.717, 1.165) is 25.9 Å². The molecule has 1 heterocycles. The number of hydrogen-bond donors (Lipinski definition) is 2. The summed E-state index contributed by atoms with van der Waals surface area (Å²) in [6.45, 7) is 3.98. The van der Waals surface area contributed by atoms with Crippen LogP contribution in [0.15, 0.2) is 0 Å². The summed E-state index contributed by atoms with van der Waals surface area (Å²) in [4.78, 5) is 24.8. The van der Waals surface area contributed by atoms with Gasteiger partial charge >= 0.3 is 0 Å². The average Bonchev–Trinajstić information content (AvgIpc) is 2.81. The maximum absolute atomic E-state index is 11.6. The molecule has 1 atom stereocenters. The van der Waals surface area contributed by atoms with E-state index in [1.165, 1.54) is 0 Å². The summed E-state index contributed by atoms with van der Waals surface area (Å²) in [6.07, 6.45) is 3.19. The number of amides is 2. The Balaban J connectivity index is 2.14. The zero-order valence-electron chi connectivity index (χ0n) is 9.87. The second-order valence-electron chi connectivity index (χ2n) is 4.14. The van der Waals surface area contributed by atoms with Crippen molar-refractivity contribution >= 4 is 11.8 Å². The second kappa shape index (κ2) is 6.48. The van der Waals surface area contributed by atoms with Crippen LogP contribution >= 0.6 is 0 Å². The van der Waals surface area contributed by atoms with Crippen molar-refractivity contribution in [1.29, 1.82) is 0 Å². The second-order valence-corrected chi connectivity index (χ2v) is 4.14. The van der Waals surface area contributed by atoms with Gasteiger partial charge in [0.15, 0.2) is 0 Å². The lowest BCUT2D eigenvalue weighted by Gasteiger charge is -2.15. The van der Waals surface area contributed by atoms with Crippen LogP contribution in [0.4, 0.5) is 0 Å². The fourth-order valence-electron chi connectivity index (χ4n) is 1.73. The molecule has 0 aromatic heterocycles. The molecule has 3 N–H and O–H groups in total. The van der Waals surface area contributed by atoms with E-state index in [9.17, 15) is 9.59 Å². The van der Waals surface area contributed by atoms with Crippen LogP contribution < -0.4 is 11.1 Å². The molecule has 1 saturated heterocycles. The van der Waals surface area contributed by atoms with Gasteiger partial charge in [0.1, 0.15) is 0 Å². The van der Waals surface area contributed by atoms with Crippen molar-refractivity contribution < 1.29 is 9.59 Å². The van der Waals surface area contributed by atoms with Crippen LogP contribution in [-0.2, 0) is 9.59 Å². The van der Waals surface area contributed by atoms with Gasteiger partial charge in [-0.25, -0.2) is 0 Å². The Hall–Kier alpha value is -1.10. The van der Waals surface area contributed by atoms with Crippen LogP contribution in [0.5, 0.6) is 0 Å². The minimum Gasteiger partial charge on any atom is -0.354 e. The molecule has 0 aromatic carbocycles. The molecule has 0 unspecified atom stereocenters. The molecule has 0 saturated carbocycles. The molecule has 0 bridgehead atoms.